The Balaban J connectivity index is 2.32. The molecule has 0 bridgehead atoms. The van der Waals surface area contributed by atoms with E-state index in [0.717, 1.165) is 41.1 Å². The minimum Gasteiger partial charge on any atom is -0.497 e. The highest BCUT2D eigenvalue weighted by Crippen LogP contribution is 2.28. The number of hydrogen-bond acceptors (Lipinski definition) is 6. The zero-order valence-corrected chi connectivity index (χ0v) is 12.7. The zero-order valence-electron chi connectivity index (χ0n) is 12.7. The molecule has 0 amide bonds. The third-order valence-electron chi connectivity index (χ3n) is 2.97. The van der Waals surface area contributed by atoms with Crippen molar-refractivity contribution in [2.75, 3.05) is 31.9 Å². The van der Waals surface area contributed by atoms with Gasteiger partial charge in [0.15, 0.2) is 0 Å². The van der Waals surface area contributed by atoms with Gasteiger partial charge in [-0.2, -0.15) is 0 Å². The number of aromatic nitrogens is 2. The third kappa shape index (κ3) is 3.75. The number of rotatable bonds is 6. The van der Waals surface area contributed by atoms with Crippen molar-refractivity contribution in [3.05, 3.63) is 30.1 Å². The topological polar surface area (TPSA) is 68.3 Å². The molecule has 1 aromatic heterocycles. The molecule has 0 unspecified atom stereocenters. The molecule has 0 radical (unpaired) electrons. The van der Waals surface area contributed by atoms with Crippen LogP contribution in [-0.2, 0) is 6.42 Å². The Hall–Kier alpha value is -2.50. The summed E-state index contributed by atoms with van der Waals surface area (Å²) in [4.78, 5) is 8.83. The Morgan fingerprint density at radius 3 is 2.10 bits per heavy atom. The number of anilines is 3. The van der Waals surface area contributed by atoms with Gasteiger partial charge >= 0.3 is 0 Å². The highest BCUT2D eigenvalue weighted by Gasteiger charge is 2.06. The van der Waals surface area contributed by atoms with E-state index in [4.69, 9.17) is 9.47 Å². The Kier molecular flexibility index (Phi) is 4.81. The summed E-state index contributed by atoms with van der Waals surface area (Å²) in [6, 6.07) is 7.44. The molecule has 0 aliphatic carbocycles. The highest BCUT2D eigenvalue weighted by molar-refractivity contribution is 5.63. The van der Waals surface area contributed by atoms with E-state index in [0.29, 0.717) is 0 Å². The standard InChI is InChI=1S/C15H20N4O2/c1-5-13-18-14(16-2)9-15(19-13)17-10-6-11(20-3)8-12(7-10)21-4/h6-9H,5H2,1-4H3,(H2,16,17,18,19). The molecule has 112 valence electrons. The molecule has 0 saturated heterocycles. The summed E-state index contributed by atoms with van der Waals surface area (Å²) in [6.07, 6.45) is 0.769. The van der Waals surface area contributed by atoms with E-state index in [9.17, 15) is 0 Å². The maximum absolute atomic E-state index is 5.26. The largest absolute Gasteiger partial charge is 0.497 e. The highest BCUT2D eigenvalue weighted by atomic mass is 16.5. The predicted octanol–water partition coefficient (Wildman–Crippen LogP) is 2.84. The van der Waals surface area contributed by atoms with Gasteiger partial charge in [-0.15, -0.1) is 0 Å². The minimum atomic E-state index is 0.718. The quantitative estimate of drug-likeness (QED) is 0.852. The van der Waals surface area contributed by atoms with E-state index >= 15 is 0 Å². The Bertz CT molecular complexity index is 519. The van der Waals surface area contributed by atoms with Crippen LogP contribution in [0.25, 0.3) is 0 Å². The molecule has 0 aliphatic rings. The minimum absolute atomic E-state index is 0.718. The fourth-order valence-electron chi connectivity index (χ4n) is 1.87. The molecule has 0 fully saturated rings. The van der Waals surface area contributed by atoms with Crippen molar-refractivity contribution in [1.29, 1.82) is 0 Å². The Morgan fingerprint density at radius 2 is 1.57 bits per heavy atom. The van der Waals surface area contributed by atoms with Crippen molar-refractivity contribution in [1.82, 2.24) is 9.97 Å². The molecule has 0 atom stereocenters. The molecular weight excluding hydrogens is 268 g/mol. The van der Waals surface area contributed by atoms with Crippen LogP contribution in [0.2, 0.25) is 0 Å². The molecule has 2 aromatic rings. The van der Waals surface area contributed by atoms with Crippen LogP contribution in [0.15, 0.2) is 24.3 Å². The van der Waals surface area contributed by atoms with Gasteiger partial charge in [-0.05, 0) is 0 Å². The van der Waals surface area contributed by atoms with E-state index in [-0.39, 0.29) is 0 Å². The van der Waals surface area contributed by atoms with Crippen molar-refractivity contribution < 1.29 is 9.47 Å². The van der Waals surface area contributed by atoms with Gasteiger partial charge in [0.25, 0.3) is 0 Å². The van der Waals surface area contributed by atoms with Gasteiger partial charge in [0.05, 0.1) is 14.2 Å². The number of aryl methyl sites for hydroxylation is 1. The number of ether oxygens (including phenoxy) is 2. The molecule has 6 heteroatoms. The van der Waals surface area contributed by atoms with Crippen LogP contribution in [-0.4, -0.2) is 31.2 Å². The second kappa shape index (κ2) is 6.78. The summed E-state index contributed by atoms with van der Waals surface area (Å²) in [6.45, 7) is 2.02. The first-order valence-electron chi connectivity index (χ1n) is 6.74. The molecule has 0 spiro atoms. The van der Waals surface area contributed by atoms with Crippen LogP contribution >= 0.6 is 0 Å². The molecule has 0 saturated carbocycles. The van der Waals surface area contributed by atoms with Crippen LogP contribution in [0.5, 0.6) is 11.5 Å². The van der Waals surface area contributed by atoms with Crippen LogP contribution in [0, 0.1) is 0 Å². The van der Waals surface area contributed by atoms with Gasteiger partial charge in [-0.1, -0.05) is 6.92 Å². The number of nitrogens with zero attached hydrogens (tertiary/aromatic N) is 2. The van der Waals surface area contributed by atoms with E-state index < -0.39 is 0 Å². The summed E-state index contributed by atoms with van der Waals surface area (Å²) < 4.78 is 10.5. The lowest BCUT2D eigenvalue weighted by Crippen LogP contribution is -2.03. The summed E-state index contributed by atoms with van der Waals surface area (Å²) in [5, 5.41) is 6.28. The first-order chi connectivity index (χ1) is 10.2. The monoisotopic (exact) mass is 288 g/mol. The van der Waals surface area contributed by atoms with E-state index in [1.165, 1.54) is 0 Å². The SMILES string of the molecule is CCc1nc(NC)cc(Nc2cc(OC)cc(OC)c2)n1. The Labute approximate surface area is 124 Å². The molecular formula is C15H20N4O2. The molecule has 21 heavy (non-hydrogen) atoms. The normalized spacial score (nSPS) is 10.1. The maximum Gasteiger partial charge on any atom is 0.136 e. The summed E-state index contributed by atoms with van der Waals surface area (Å²) >= 11 is 0. The van der Waals surface area contributed by atoms with Gasteiger partial charge in [0.1, 0.15) is 29.0 Å². The van der Waals surface area contributed by atoms with Crippen molar-refractivity contribution >= 4 is 17.3 Å². The van der Waals surface area contributed by atoms with Gasteiger partial charge < -0.3 is 20.1 Å². The van der Waals surface area contributed by atoms with Gasteiger partial charge in [-0.3, -0.25) is 0 Å². The summed E-state index contributed by atoms with van der Waals surface area (Å²) in [7, 11) is 5.08. The number of nitrogens with one attached hydrogen (secondary N) is 2. The van der Waals surface area contributed by atoms with Crippen LogP contribution in [0.3, 0.4) is 0 Å². The zero-order chi connectivity index (χ0) is 15.2. The van der Waals surface area contributed by atoms with Crippen molar-refractivity contribution in [2.24, 2.45) is 0 Å². The van der Waals surface area contributed by atoms with Crippen molar-refractivity contribution in [2.45, 2.75) is 13.3 Å². The van der Waals surface area contributed by atoms with Crippen molar-refractivity contribution in [3.8, 4) is 11.5 Å². The van der Waals surface area contributed by atoms with Crippen LogP contribution in [0.1, 0.15) is 12.7 Å². The molecule has 6 nitrogen and oxygen atoms in total. The second-order valence-corrected chi connectivity index (χ2v) is 4.38. The molecule has 0 aliphatic heterocycles. The Morgan fingerprint density at radius 1 is 0.952 bits per heavy atom. The predicted molar refractivity (Wildman–Crippen MR) is 83.8 cm³/mol. The van der Waals surface area contributed by atoms with Crippen LogP contribution < -0.4 is 20.1 Å². The van der Waals surface area contributed by atoms with Gasteiger partial charge in [0.2, 0.25) is 0 Å². The lowest BCUT2D eigenvalue weighted by molar-refractivity contribution is 0.395. The first kappa shape index (κ1) is 14.9. The summed E-state index contributed by atoms with van der Waals surface area (Å²) in [5.74, 6) is 3.71. The molecule has 2 N–H and O–H groups in total. The van der Waals surface area contributed by atoms with Crippen LogP contribution in [0.4, 0.5) is 17.3 Å². The van der Waals surface area contributed by atoms with Crippen molar-refractivity contribution in [3.63, 3.8) is 0 Å². The maximum atomic E-state index is 5.26. The molecule has 2 rings (SSSR count). The lowest BCUT2D eigenvalue weighted by atomic mass is 10.2. The number of benzene rings is 1. The average molecular weight is 288 g/mol. The fraction of sp³-hybridized carbons (Fsp3) is 0.333. The van der Waals surface area contributed by atoms with E-state index in [1.807, 2.05) is 38.2 Å². The average Bonchev–Trinajstić information content (AvgIpc) is 2.53. The second-order valence-electron chi connectivity index (χ2n) is 4.38. The van der Waals surface area contributed by atoms with E-state index in [2.05, 4.69) is 20.6 Å². The first-order valence-corrected chi connectivity index (χ1v) is 6.74. The fourth-order valence-corrected chi connectivity index (χ4v) is 1.87. The number of methoxy groups -OCH3 is 2. The smallest absolute Gasteiger partial charge is 0.136 e. The lowest BCUT2D eigenvalue weighted by Gasteiger charge is -2.12. The summed E-state index contributed by atoms with van der Waals surface area (Å²) in [5.41, 5.74) is 0.842. The van der Waals surface area contributed by atoms with Gasteiger partial charge in [-0.25, -0.2) is 9.97 Å². The molecule has 1 aromatic carbocycles. The third-order valence-corrected chi connectivity index (χ3v) is 2.97. The molecule has 1 heterocycles. The van der Waals surface area contributed by atoms with Gasteiger partial charge in [0, 0.05) is 43.4 Å². The van der Waals surface area contributed by atoms with E-state index in [1.54, 1.807) is 14.2 Å². The number of hydrogen-bond donors (Lipinski definition) is 2.